The maximum atomic E-state index is 12.7. The first kappa shape index (κ1) is 23.3. The van der Waals surface area contributed by atoms with Crippen LogP contribution < -0.4 is 10.2 Å². The number of anilines is 1. The van der Waals surface area contributed by atoms with Gasteiger partial charge in [-0.15, -0.1) is 0 Å². The Bertz CT molecular complexity index is 1060. The maximum absolute atomic E-state index is 12.7. The van der Waals surface area contributed by atoms with E-state index in [1.165, 1.54) is 16.4 Å². The number of piperazine rings is 1. The highest BCUT2D eigenvalue weighted by Gasteiger charge is 2.29. The normalized spacial score (nSPS) is 17.7. The highest BCUT2D eigenvalue weighted by atomic mass is 32.2. The van der Waals surface area contributed by atoms with Gasteiger partial charge in [-0.3, -0.25) is 9.59 Å². The van der Waals surface area contributed by atoms with Crippen molar-refractivity contribution >= 4 is 27.5 Å². The highest BCUT2D eigenvalue weighted by Crippen LogP contribution is 2.22. The fourth-order valence-electron chi connectivity index (χ4n) is 4.19. The number of carbonyl (C=O) groups is 2. The van der Waals surface area contributed by atoms with Crippen LogP contribution in [-0.4, -0.2) is 75.3 Å². The average molecular weight is 475 g/mol. The van der Waals surface area contributed by atoms with Crippen LogP contribution in [0.15, 0.2) is 52.0 Å². The Morgan fingerprint density at radius 3 is 2.27 bits per heavy atom. The van der Waals surface area contributed by atoms with Crippen LogP contribution in [0.25, 0.3) is 0 Å². The molecule has 0 spiro atoms. The number of hydrogen-bond donors (Lipinski definition) is 1. The lowest BCUT2D eigenvalue weighted by Gasteiger charge is -2.36. The van der Waals surface area contributed by atoms with Crippen molar-refractivity contribution in [2.24, 2.45) is 0 Å². The number of hydrogen-bond acceptors (Lipinski definition) is 6. The highest BCUT2D eigenvalue weighted by molar-refractivity contribution is 7.89. The summed E-state index contributed by atoms with van der Waals surface area (Å²) >= 11 is 0. The lowest BCUT2D eigenvalue weighted by molar-refractivity contribution is -0.131. The Hall–Kier alpha value is -2.85. The number of rotatable bonds is 7. The third-order valence-corrected chi connectivity index (χ3v) is 7.87. The second-order valence-electron chi connectivity index (χ2n) is 8.29. The molecule has 10 heteroatoms. The minimum atomic E-state index is -3.73. The van der Waals surface area contributed by atoms with Gasteiger partial charge in [-0.2, -0.15) is 4.31 Å². The van der Waals surface area contributed by atoms with Gasteiger partial charge in [0.05, 0.1) is 0 Å². The number of benzene rings is 1. The van der Waals surface area contributed by atoms with E-state index >= 15 is 0 Å². The van der Waals surface area contributed by atoms with Crippen LogP contribution in [0.4, 0.5) is 5.69 Å². The van der Waals surface area contributed by atoms with E-state index in [-0.39, 0.29) is 29.7 Å². The molecule has 1 aromatic carbocycles. The van der Waals surface area contributed by atoms with E-state index in [1.54, 1.807) is 0 Å². The zero-order valence-corrected chi connectivity index (χ0v) is 19.4. The van der Waals surface area contributed by atoms with E-state index in [0.717, 1.165) is 38.0 Å². The van der Waals surface area contributed by atoms with Gasteiger partial charge in [-0.05, 0) is 37.1 Å². The lowest BCUT2D eigenvalue weighted by Crippen LogP contribution is -2.49. The van der Waals surface area contributed by atoms with Gasteiger partial charge >= 0.3 is 0 Å². The second kappa shape index (κ2) is 10.4. The molecule has 0 aliphatic carbocycles. The molecular weight excluding hydrogens is 444 g/mol. The van der Waals surface area contributed by atoms with Gasteiger partial charge in [0.2, 0.25) is 11.0 Å². The Kier molecular flexibility index (Phi) is 7.34. The van der Waals surface area contributed by atoms with E-state index < -0.39 is 15.9 Å². The first-order valence-electron chi connectivity index (χ1n) is 11.4. The third kappa shape index (κ3) is 5.56. The molecule has 2 aliphatic rings. The van der Waals surface area contributed by atoms with Crippen LogP contribution in [-0.2, 0) is 14.8 Å². The van der Waals surface area contributed by atoms with Crippen molar-refractivity contribution in [2.45, 2.75) is 30.8 Å². The molecule has 3 heterocycles. The average Bonchev–Trinajstić information content (AvgIpc) is 3.37. The molecule has 9 nitrogen and oxygen atoms in total. The molecule has 2 fully saturated rings. The molecule has 33 heavy (non-hydrogen) atoms. The predicted molar refractivity (Wildman–Crippen MR) is 124 cm³/mol. The van der Waals surface area contributed by atoms with Crippen molar-refractivity contribution in [1.29, 1.82) is 0 Å². The van der Waals surface area contributed by atoms with Gasteiger partial charge in [-0.1, -0.05) is 24.6 Å². The van der Waals surface area contributed by atoms with Gasteiger partial charge in [0.25, 0.3) is 15.9 Å². The number of piperidine rings is 1. The molecule has 178 valence electrons. The monoisotopic (exact) mass is 474 g/mol. The molecule has 2 aliphatic heterocycles. The molecule has 4 rings (SSSR count). The summed E-state index contributed by atoms with van der Waals surface area (Å²) in [5.41, 5.74) is 1.15. The number of nitrogens with zero attached hydrogens (tertiary/aromatic N) is 3. The van der Waals surface area contributed by atoms with Crippen LogP contribution in [0.5, 0.6) is 0 Å². The van der Waals surface area contributed by atoms with Gasteiger partial charge in [0, 0.05) is 57.9 Å². The Morgan fingerprint density at radius 2 is 1.58 bits per heavy atom. The maximum Gasteiger partial charge on any atom is 0.287 e. The molecule has 1 N–H and O–H groups in total. The molecule has 1 aromatic heterocycles. The zero-order chi connectivity index (χ0) is 23.3. The van der Waals surface area contributed by atoms with E-state index in [2.05, 4.69) is 22.3 Å². The molecule has 2 aromatic rings. The van der Waals surface area contributed by atoms with Crippen molar-refractivity contribution in [1.82, 2.24) is 14.5 Å². The largest absolute Gasteiger partial charge is 0.438 e. The topological polar surface area (TPSA) is 103 Å². The number of furan rings is 1. The molecule has 2 saturated heterocycles. The summed E-state index contributed by atoms with van der Waals surface area (Å²) in [6, 6.07) is 12.8. The Morgan fingerprint density at radius 1 is 0.879 bits per heavy atom. The molecule has 0 saturated carbocycles. The fraction of sp³-hybridized carbons (Fsp3) is 0.478. The second-order valence-corrected chi connectivity index (χ2v) is 10.2. The number of amides is 2. The number of nitrogens with one attached hydrogen (secondary N) is 1. The summed E-state index contributed by atoms with van der Waals surface area (Å²) in [4.78, 5) is 28.9. The van der Waals surface area contributed by atoms with Crippen LogP contribution >= 0.6 is 0 Å². The van der Waals surface area contributed by atoms with Gasteiger partial charge in [-0.25, -0.2) is 8.42 Å². The Balaban J connectivity index is 1.22. The van der Waals surface area contributed by atoms with Crippen molar-refractivity contribution in [3.63, 3.8) is 0 Å². The summed E-state index contributed by atoms with van der Waals surface area (Å²) in [5.74, 6) is -0.623. The molecule has 0 atom stereocenters. The minimum absolute atomic E-state index is 0.0178. The molecular formula is C23H30N4O5S. The van der Waals surface area contributed by atoms with E-state index in [1.807, 2.05) is 23.1 Å². The SMILES string of the molecule is O=C(NCCC(=O)N1CCN(c2ccccc2)CC1)c1ccc(S(=O)(=O)N2CCCCC2)o1. The quantitative estimate of drug-likeness (QED) is 0.658. The van der Waals surface area contributed by atoms with Crippen LogP contribution in [0, 0.1) is 0 Å². The van der Waals surface area contributed by atoms with Gasteiger partial charge in [0.1, 0.15) is 0 Å². The summed E-state index contributed by atoms with van der Waals surface area (Å²) in [6.45, 7) is 3.89. The van der Waals surface area contributed by atoms with Crippen LogP contribution in [0.1, 0.15) is 36.2 Å². The smallest absolute Gasteiger partial charge is 0.287 e. The van der Waals surface area contributed by atoms with E-state index in [4.69, 9.17) is 4.42 Å². The summed E-state index contributed by atoms with van der Waals surface area (Å²) < 4.78 is 32.1. The zero-order valence-electron chi connectivity index (χ0n) is 18.6. The van der Waals surface area contributed by atoms with Crippen molar-refractivity contribution in [3.05, 3.63) is 48.2 Å². The van der Waals surface area contributed by atoms with Crippen molar-refractivity contribution < 1.29 is 22.4 Å². The summed E-state index contributed by atoms with van der Waals surface area (Å²) in [6.07, 6.45) is 2.83. The van der Waals surface area contributed by atoms with Gasteiger partial charge < -0.3 is 19.5 Å². The number of carbonyl (C=O) groups excluding carboxylic acids is 2. The van der Waals surface area contributed by atoms with Gasteiger partial charge in [0.15, 0.2) is 5.76 Å². The third-order valence-electron chi connectivity index (χ3n) is 6.09. The fourth-order valence-corrected chi connectivity index (χ4v) is 5.62. The number of sulfonamides is 1. The molecule has 2 amide bonds. The standard InChI is InChI=1S/C23H30N4O5S/c28-21(26-17-15-25(16-18-26)19-7-3-1-4-8-19)11-12-24-23(29)20-9-10-22(32-20)33(30,31)27-13-5-2-6-14-27/h1,3-4,7-10H,2,5-6,11-18H2,(H,24,29). The van der Waals surface area contributed by atoms with Crippen molar-refractivity contribution in [3.8, 4) is 0 Å². The lowest BCUT2D eigenvalue weighted by atomic mass is 10.2. The first-order chi connectivity index (χ1) is 15.9. The predicted octanol–water partition coefficient (Wildman–Crippen LogP) is 1.92. The van der Waals surface area contributed by atoms with E-state index in [9.17, 15) is 18.0 Å². The van der Waals surface area contributed by atoms with Crippen LogP contribution in [0.2, 0.25) is 0 Å². The molecule has 0 radical (unpaired) electrons. The van der Waals surface area contributed by atoms with Crippen molar-refractivity contribution in [2.75, 3.05) is 50.7 Å². The summed E-state index contributed by atoms with van der Waals surface area (Å²) in [7, 11) is -3.73. The summed E-state index contributed by atoms with van der Waals surface area (Å²) in [5, 5.41) is 2.43. The minimum Gasteiger partial charge on any atom is -0.438 e. The Labute approximate surface area is 194 Å². The van der Waals surface area contributed by atoms with Crippen LogP contribution in [0.3, 0.4) is 0 Å². The molecule has 0 unspecified atom stereocenters. The van der Waals surface area contributed by atoms with E-state index in [0.29, 0.717) is 26.2 Å². The molecule has 0 bridgehead atoms. The number of para-hydroxylation sites is 1. The first-order valence-corrected chi connectivity index (χ1v) is 12.8.